The molecule has 2 bridgehead atoms. The van der Waals surface area contributed by atoms with Gasteiger partial charge < -0.3 is 4.74 Å². The van der Waals surface area contributed by atoms with Gasteiger partial charge in [0.2, 0.25) is 0 Å². The molecule has 0 N–H and O–H groups in total. The van der Waals surface area contributed by atoms with Crippen molar-refractivity contribution in [1.82, 2.24) is 0 Å². The van der Waals surface area contributed by atoms with E-state index in [1.165, 1.54) is 43.3 Å². The lowest BCUT2D eigenvalue weighted by molar-refractivity contribution is -0.128. The van der Waals surface area contributed by atoms with E-state index >= 15 is 0 Å². The van der Waals surface area contributed by atoms with Gasteiger partial charge in [0.05, 0.1) is 40.3 Å². The molecule has 0 aliphatic heterocycles. The van der Waals surface area contributed by atoms with Gasteiger partial charge in [-0.25, -0.2) is 4.79 Å². The molecule has 2 aliphatic carbocycles. The van der Waals surface area contributed by atoms with Crippen LogP contribution in [0.4, 0.5) is 0 Å². The number of ketones is 1. The third-order valence-corrected chi connectivity index (χ3v) is 11.5. The molecule has 0 amide bonds. The molecule has 2 aromatic rings. The fourth-order valence-corrected chi connectivity index (χ4v) is 8.71. The number of esters is 1. The summed E-state index contributed by atoms with van der Waals surface area (Å²) in [6.45, 7) is 5.67. The SMILES string of the molecule is Cc1ccc(S(=O)(=O)OC[C@](C)(COC(=O)c2ccc(Cl)cc2)COS(=O)(=O)C[C@]23CC[C@H](CC2=O)C3(C)C)cc1. The number of fused-ring (bicyclic) bond motifs is 2. The third-order valence-electron chi connectivity index (χ3n) is 8.65. The van der Waals surface area contributed by atoms with E-state index in [4.69, 9.17) is 24.7 Å². The lowest BCUT2D eigenvalue weighted by Gasteiger charge is -2.36. The number of aryl methyl sites for hydroxylation is 1. The Bertz CT molecular complexity index is 1520. The normalized spacial score (nSPS) is 23.3. The Morgan fingerprint density at radius 1 is 0.976 bits per heavy atom. The van der Waals surface area contributed by atoms with Crippen LogP contribution in [0, 0.1) is 29.1 Å². The molecule has 0 unspecified atom stereocenters. The van der Waals surface area contributed by atoms with Crippen LogP contribution in [0.15, 0.2) is 53.4 Å². The molecule has 2 fully saturated rings. The smallest absolute Gasteiger partial charge is 0.338 e. The molecule has 2 aliphatic rings. The van der Waals surface area contributed by atoms with Crippen LogP contribution in [0.3, 0.4) is 0 Å². The summed E-state index contributed by atoms with van der Waals surface area (Å²) in [6, 6.07) is 12.0. The zero-order valence-corrected chi connectivity index (χ0v) is 25.9. The molecule has 0 saturated heterocycles. The molecule has 9 nitrogen and oxygen atoms in total. The topological polar surface area (TPSA) is 130 Å². The number of carbonyl (C=O) groups is 2. The molecular formula is C29H35ClO9S2. The minimum Gasteiger partial charge on any atom is -0.461 e. The predicted molar refractivity (Wildman–Crippen MR) is 152 cm³/mol. The standard InChI is InChI=1S/C29H35ClO9S2/c1-20-5-11-24(12-6-20)41(35,36)39-18-28(4,16-37-26(32)21-7-9-23(30)10-8-21)17-38-40(33,34)19-29-14-13-22(15-25(29)31)27(29,2)3/h5-12,22H,13-19H2,1-4H3/t22-,28-,29-/m1/s1. The van der Waals surface area contributed by atoms with Crippen molar-refractivity contribution < 1.29 is 39.5 Å². The summed E-state index contributed by atoms with van der Waals surface area (Å²) in [7, 11) is -8.45. The second kappa shape index (κ2) is 11.4. The molecule has 4 rings (SSSR count). The van der Waals surface area contributed by atoms with Crippen molar-refractivity contribution in [2.24, 2.45) is 22.2 Å². The Balaban J connectivity index is 1.50. The molecule has 0 radical (unpaired) electrons. The number of carbonyl (C=O) groups excluding carboxylic acids is 2. The van der Waals surface area contributed by atoms with Crippen LogP contribution in [0.1, 0.15) is 56.0 Å². The monoisotopic (exact) mass is 626 g/mol. The molecule has 0 spiro atoms. The van der Waals surface area contributed by atoms with Crippen molar-refractivity contribution in [3.63, 3.8) is 0 Å². The Morgan fingerprint density at radius 3 is 2.15 bits per heavy atom. The average Bonchev–Trinajstić information content (AvgIpc) is 3.25. The first-order valence-corrected chi connectivity index (χ1v) is 16.6. The first-order chi connectivity index (χ1) is 19.0. The Kier molecular flexibility index (Phi) is 8.80. The van der Waals surface area contributed by atoms with E-state index in [2.05, 4.69) is 0 Å². The molecular weight excluding hydrogens is 592 g/mol. The number of halogens is 1. The molecule has 12 heteroatoms. The molecule has 41 heavy (non-hydrogen) atoms. The highest BCUT2D eigenvalue weighted by molar-refractivity contribution is 7.87. The first kappa shape index (κ1) is 31.6. The second-order valence-electron chi connectivity index (χ2n) is 12.1. The van der Waals surface area contributed by atoms with Crippen LogP contribution in [-0.2, 0) is 38.1 Å². The molecule has 2 saturated carbocycles. The van der Waals surface area contributed by atoms with Crippen molar-refractivity contribution in [2.75, 3.05) is 25.6 Å². The van der Waals surface area contributed by atoms with E-state index in [0.717, 1.165) is 12.0 Å². The van der Waals surface area contributed by atoms with Crippen LogP contribution in [-0.4, -0.2) is 54.2 Å². The maximum Gasteiger partial charge on any atom is 0.338 e. The highest BCUT2D eigenvalue weighted by Crippen LogP contribution is 2.64. The summed E-state index contributed by atoms with van der Waals surface area (Å²) in [5.41, 5.74) is -1.84. The van der Waals surface area contributed by atoms with Crippen molar-refractivity contribution in [1.29, 1.82) is 0 Å². The van der Waals surface area contributed by atoms with Crippen LogP contribution in [0.25, 0.3) is 0 Å². The summed E-state index contributed by atoms with van der Waals surface area (Å²) in [4.78, 5) is 25.5. The van der Waals surface area contributed by atoms with Gasteiger partial charge in [-0.1, -0.05) is 50.1 Å². The number of rotatable bonds is 12. The quantitative estimate of drug-likeness (QED) is 0.237. The van der Waals surface area contributed by atoms with Gasteiger partial charge in [0.25, 0.3) is 20.2 Å². The first-order valence-electron chi connectivity index (χ1n) is 13.3. The highest BCUT2D eigenvalue weighted by Gasteiger charge is 2.65. The maximum atomic E-state index is 13.2. The molecule has 2 aromatic carbocycles. The van der Waals surface area contributed by atoms with Gasteiger partial charge in [-0.2, -0.15) is 16.8 Å². The summed E-state index contributed by atoms with van der Waals surface area (Å²) in [5.74, 6) is -1.13. The number of benzene rings is 2. The van der Waals surface area contributed by atoms with Gasteiger partial charge in [-0.3, -0.25) is 13.2 Å². The zero-order chi connectivity index (χ0) is 30.3. The van der Waals surface area contributed by atoms with E-state index in [0.29, 0.717) is 17.9 Å². The van der Waals surface area contributed by atoms with Gasteiger partial charge in [0.1, 0.15) is 12.4 Å². The van der Waals surface area contributed by atoms with Gasteiger partial charge in [-0.15, -0.1) is 0 Å². The van der Waals surface area contributed by atoms with E-state index in [9.17, 15) is 26.4 Å². The van der Waals surface area contributed by atoms with Crippen LogP contribution < -0.4 is 0 Å². The number of hydrogen-bond donors (Lipinski definition) is 0. The van der Waals surface area contributed by atoms with Gasteiger partial charge >= 0.3 is 5.97 Å². The van der Waals surface area contributed by atoms with E-state index < -0.39 is 68.0 Å². The summed E-state index contributed by atoms with van der Waals surface area (Å²) < 4.78 is 68.4. The summed E-state index contributed by atoms with van der Waals surface area (Å²) in [6.07, 6.45) is 1.60. The van der Waals surface area contributed by atoms with Gasteiger partial charge in [-0.05, 0) is 67.5 Å². The van der Waals surface area contributed by atoms with E-state index in [-0.39, 0.29) is 22.2 Å². The Morgan fingerprint density at radius 2 is 1.59 bits per heavy atom. The lowest BCUT2D eigenvalue weighted by Crippen LogP contribution is -2.44. The molecule has 224 valence electrons. The average molecular weight is 627 g/mol. The fourth-order valence-electron chi connectivity index (χ4n) is 5.71. The van der Waals surface area contributed by atoms with Gasteiger partial charge in [0.15, 0.2) is 0 Å². The molecule has 0 aromatic heterocycles. The predicted octanol–water partition coefficient (Wildman–Crippen LogP) is 4.96. The summed E-state index contributed by atoms with van der Waals surface area (Å²) in [5, 5.41) is 0.427. The largest absolute Gasteiger partial charge is 0.461 e. The van der Waals surface area contributed by atoms with E-state index in [1.54, 1.807) is 12.1 Å². The number of ether oxygens (including phenoxy) is 1. The zero-order valence-electron chi connectivity index (χ0n) is 23.5. The van der Waals surface area contributed by atoms with E-state index in [1.807, 2.05) is 20.8 Å². The molecule has 0 heterocycles. The molecule has 3 atom stereocenters. The van der Waals surface area contributed by atoms with Crippen LogP contribution in [0.2, 0.25) is 5.02 Å². The Hall–Kier alpha value is -2.31. The van der Waals surface area contributed by atoms with Gasteiger partial charge in [0, 0.05) is 11.4 Å². The van der Waals surface area contributed by atoms with Crippen LogP contribution in [0.5, 0.6) is 0 Å². The fraction of sp³-hybridized carbons (Fsp3) is 0.517. The van der Waals surface area contributed by atoms with Crippen molar-refractivity contribution in [3.05, 3.63) is 64.7 Å². The minimum absolute atomic E-state index is 0.0712. The minimum atomic E-state index is -4.23. The maximum absolute atomic E-state index is 13.2. The van der Waals surface area contributed by atoms with Crippen molar-refractivity contribution in [3.8, 4) is 0 Å². The van der Waals surface area contributed by atoms with Crippen molar-refractivity contribution in [2.45, 2.75) is 51.9 Å². The summed E-state index contributed by atoms with van der Waals surface area (Å²) >= 11 is 5.88. The van der Waals surface area contributed by atoms with Crippen LogP contribution >= 0.6 is 11.6 Å². The lowest BCUT2D eigenvalue weighted by atomic mass is 9.70. The third kappa shape index (κ3) is 6.69. The Labute approximate surface area is 246 Å². The highest BCUT2D eigenvalue weighted by atomic mass is 35.5. The second-order valence-corrected chi connectivity index (χ2v) is 15.7. The number of Topliss-reactive ketones (excluding diaryl/α,β-unsaturated/α-hetero) is 1. The number of hydrogen-bond acceptors (Lipinski definition) is 9. The van der Waals surface area contributed by atoms with Crippen molar-refractivity contribution >= 4 is 43.6 Å².